The van der Waals surface area contributed by atoms with Crippen LogP contribution in [0.4, 0.5) is 10.1 Å². The molecule has 122 valence electrons. The first-order chi connectivity index (χ1) is 11.7. The average Bonchev–Trinajstić information content (AvgIpc) is 3.04. The van der Waals surface area contributed by atoms with E-state index in [1.54, 1.807) is 18.2 Å². The zero-order valence-electron chi connectivity index (χ0n) is 13.3. The molecular formula is C19H17FN2O2. The van der Waals surface area contributed by atoms with Crippen LogP contribution in [0.2, 0.25) is 0 Å². The molecule has 0 fully saturated rings. The third-order valence-corrected chi connectivity index (χ3v) is 3.70. The SMILES string of the molecule is CCc1ccccc1NC(=O)Cc1cc(-c2ccc(F)cc2)on1. The Morgan fingerprint density at radius 3 is 2.67 bits per heavy atom. The number of hydrogen-bond acceptors (Lipinski definition) is 3. The van der Waals surface area contributed by atoms with Gasteiger partial charge in [0.15, 0.2) is 5.76 Å². The van der Waals surface area contributed by atoms with Gasteiger partial charge in [-0.1, -0.05) is 30.3 Å². The Bertz CT molecular complexity index is 841. The van der Waals surface area contributed by atoms with Crippen molar-refractivity contribution in [3.8, 4) is 11.3 Å². The van der Waals surface area contributed by atoms with Crippen molar-refractivity contribution in [2.45, 2.75) is 19.8 Å². The molecule has 2 aromatic carbocycles. The molecule has 0 spiro atoms. The third-order valence-electron chi connectivity index (χ3n) is 3.70. The number of aromatic nitrogens is 1. The summed E-state index contributed by atoms with van der Waals surface area (Å²) in [6.07, 6.45) is 0.956. The second kappa shape index (κ2) is 7.08. The number of hydrogen-bond donors (Lipinski definition) is 1. The maximum absolute atomic E-state index is 12.9. The van der Waals surface area contributed by atoms with E-state index < -0.39 is 0 Å². The van der Waals surface area contributed by atoms with E-state index in [2.05, 4.69) is 10.5 Å². The Morgan fingerprint density at radius 1 is 1.17 bits per heavy atom. The smallest absolute Gasteiger partial charge is 0.230 e. The quantitative estimate of drug-likeness (QED) is 0.764. The molecule has 0 radical (unpaired) electrons. The fourth-order valence-corrected chi connectivity index (χ4v) is 2.45. The lowest BCUT2D eigenvalue weighted by Crippen LogP contribution is -2.15. The number of nitrogens with zero attached hydrogens (tertiary/aromatic N) is 1. The van der Waals surface area contributed by atoms with Crippen LogP contribution in [-0.2, 0) is 17.6 Å². The molecule has 5 heteroatoms. The maximum Gasteiger partial charge on any atom is 0.230 e. The van der Waals surface area contributed by atoms with Gasteiger partial charge in [0.1, 0.15) is 5.82 Å². The highest BCUT2D eigenvalue weighted by Crippen LogP contribution is 2.21. The molecule has 0 unspecified atom stereocenters. The second-order valence-corrected chi connectivity index (χ2v) is 5.43. The molecule has 0 saturated heterocycles. The van der Waals surface area contributed by atoms with Gasteiger partial charge in [-0.3, -0.25) is 4.79 Å². The summed E-state index contributed by atoms with van der Waals surface area (Å²) < 4.78 is 18.2. The van der Waals surface area contributed by atoms with Gasteiger partial charge in [-0.25, -0.2) is 4.39 Å². The molecule has 1 heterocycles. The number of halogens is 1. The van der Waals surface area contributed by atoms with Crippen LogP contribution in [0, 0.1) is 5.82 Å². The molecule has 1 amide bonds. The summed E-state index contributed by atoms with van der Waals surface area (Å²) in [6, 6.07) is 15.3. The highest BCUT2D eigenvalue weighted by Gasteiger charge is 2.12. The van der Waals surface area contributed by atoms with Crippen LogP contribution in [0.15, 0.2) is 59.1 Å². The number of carbonyl (C=O) groups excluding carboxylic acids is 1. The van der Waals surface area contributed by atoms with Crippen molar-refractivity contribution in [3.63, 3.8) is 0 Å². The van der Waals surface area contributed by atoms with Crippen molar-refractivity contribution < 1.29 is 13.7 Å². The highest BCUT2D eigenvalue weighted by molar-refractivity contribution is 5.92. The van der Waals surface area contributed by atoms with Crippen molar-refractivity contribution in [2.75, 3.05) is 5.32 Å². The van der Waals surface area contributed by atoms with Gasteiger partial charge in [0, 0.05) is 17.3 Å². The van der Waals surface area contributed by atoms with E-state index in [-0.39, 0.29) is 18.1 Å². The van der Waals surface area contributed by atoms with Crippen LogP contribution in [0.5, 0.6) is 0 Å². The van der Waals surface area contributed by atoms with E-state index >= 15 is 0 Å². The molecule has 0 aliphatic rings. The monoisotopic (exact) mass is 324 g/mol. The first-order valence-corrected chi connectivity index (χ1v) is 7.75. The van der Waals surface area contributed by atoms with Crippen LogP contribution in [0.3, 0.4) is 0 Å². The molecule has 1 aromatic heterocycles. The summed E-state index contributed by atoms with van der Waals surface area (Å²) in [5.41, 5.74) is 3.14. The zero-order valence-corrected chi connectivity index (χ0v) is 13.3. The van der Waals surface area contributed by atoms with Crippen LogP contribution in [-0.4, -0.2) is 11.1 Å². The Morgan fingerprint density at radius 2 is 1.92 bits per heavy atom. The Labute approximate surface area is 139 Å². The summed E-state index contributed by atoms with van der Waals surface area (Å²) in [6.45, 7) is 2.04. The highest BCUT2D eigenvalue weighted by atomic mass is 19.1. The predicted octanol–water partition coefficient (Wildman–Crippen LogP) is 4.22. The zero-order chi connectivity index (χ0) is 16.9. The fraction of sp³-hybridized carbons (Fsp3) is 0.158. The van der Waals surface area contributed by atoms with Gasteiger partial charge >= 0.3 is 0 Å². The van der Waals surface area contributed by atoms with E-state index in [9.17, 15) is 9.18 Å². The molecule has 4 nitrogen and oxygen atoms in total. The van der Waals surface area contributed by atoms with Gasteiger partial charge in [-0.05, 0) is 42.3 Å². The summed E-state index contributed by atoms with van der Waals surface area (Å²) >= 11 is 0. The molecule has 0 aliphatic carbocycles. The third kappa shape index (κ3) is 3.68. The Balaban J connectivity index is 1.68. The largest absolute Gasteiger partial charge is 0.356 e. The van der Waals surface area contributed by atoms with Crippen molar-refractivity contribution in [1.29, 1.82) is 0 Å². The number of aryl methyl sites for hydroxylation is 1. The first-order valence-electron chi connectivity index (χ1n) is 7.75. The predicted molar refractivity (Wildman–Crippen MR) is 90.1 cm³/mol. The molecule has 1 N–H and O–H groups in total. The second-order valence-electron chi connectivity index (χ2n) is 5.43. The normalized spacial score (nSPS) is 10.6. The number of para-hydroxylation sites is 1. The summed E-state index contributed by atoms with van der Waals surface area (Å²) in [4.78, 5) is 12.2. The molecule has 0 bridgehead atoms. The van der Waals surface area contributed by atoms with Crippen LogP contribution in [0.25, 0.3) is 11.3 Å². The standard InChI is InChI=1S/C19H17FN2O2/c1-2-13-5-3-4-6-17(13)21-19(23)12-16-11-18(24-22-16)14-7-9-15(20)10-8-14/h3-11H,2,12H2,1H3,(H,21,23). The summed E-state index contributed by atoms with van der Waals surface area (Å²) in [5.74, 6) is 0.0362. The fourth-order valence-electron chi connectivity index (χ4n) is 2.45. The minimum atomic E-state index is -0.313. The van der Waals surface area contributed by atoms with Crippen molar-refractivity contribution >= 4 is 11.6 Å². The Kier molecular flexibility index (Phi) is 4.70. The van der Waals surface area contributed by atoms with E-state index in [0.717, 1.165) is 17.7 Å². The van der Waals surface area contributed by atoms with Gasteiger partial charge in [-0.15, -0.1) is 0 Å². The average molecular weight is 324 g/mol. The topological polar surface area (TPSA) is 55.1 Å². The van der Waals surface area contributed by atoms with Crippen LogP contribution >= 0.6 is 0 Å². The van der Waals surface area contributed by atoms with Crippen molar-refractivity contribution in [2.24, 2.45) is 0 Å². The lowest BCUT2D eigenvalue weighted by atomic mass is 10.1. The molecule has 0 atom stereocenters. The van der Waals surface area contributed by atoms with E-state index in [4.69, 9.17) is 4.52 Å². The molecule has 3 rings (SSSR count). The summed E-state index contributed by atoms with van der Waals surface area (Å²) in [5, 5.41) is 6.81. The van der Waals surface area contributed by atoms with Crippen molar-refractivity contribution in [1.82, 2.24) is 5.16 Å². The van der Waals surface area contributed by atoms with E-state index in [0.29, 0.717) is 17.0 Å². The van der Waals surface area contributed by atoms with Gasteiger partial charge in [0.2, 0.25) is 5.91 Å². The Hall–Kier alpha value is -2.95. The first kappa shape index (κ1) is 15.9. The number of amides is 1. The lowest BCUT2D eigenvalue weighted by Gasteiger charge is -2.08. The molecule has 0 aliphatic heterocycles. The van der Waals surface area contributed by atoms with E-state index in [1.807, 2.05) is 31.2 Å². The van der Waals surface area contributed by atoms with Crippen LogP contribution < -0.4 is 5.32 Å². The molecule has 3 aromatic rings. The molecular weight excluding hydrogens is 307 g/mol. The van der Waals surface area contributed by atoms with Crippen LogP contribution in [0.1, 0.15) is 18.2 Å². The number of nitrogens with one attached hydrogen (secondary N) is 1. The van der Waals surface area contributed by atoms with Gasteiger partial charge in [-0.2, -0.15) is 0 Å². The number of benzene rings is 2. The van der Waals surface area contributed by atoms with Gasteiger partial charge in [0.05, 0.1) is 12.1 Å². The molecule has 24 heavy (non-hydrogen) atoms. The van der Waals surface area contributed by atoms with Gasteiger partial charge < -0.3 is 9.84 Å². The number of carbonyl (C=O) groups is 1. The minimum Gasteiger partial charge on any atom is -0.356 e. The number of anilines is 1. The van der Waals surface area contributed by atoms with E-state index in [1.165, 1.54) is 12.1 Å². The number of rotatable bonds is 5. The summed E-state index contributed by atoms with van der Waals surface area (Å²) in [7, 11) is 0. The van der Waals surface area contributed by atoms with Crippen molar-refractivity contribution in [3.05, 3.63) is 71.7 Å². The molecule has 0 saturated carbocycles. The maximum atomic E-state index is 12.9. The minimum absolute atomic E-state index is 0.114. The lowest BCUT2D eigenvalue weighted by molar-refractivity contribution is -0.115. The van der Waals surface area contributed by atoms with Gasteiger partial charge in [0.25, 0.3) is 0 Å².